The molecular weight excluding hydrogens is 208 g/mol. The molecule has 0 aromatic heterocycles. The van der Waals surface area contributed by atoms with E-state index in [1.165, 1.54) is 5.56 Å². The molecule has 1 nitrogen and oxygen atoms in total. The van der Waals surface area contributed by atoms with Crippen LogP contribution in [0, 0.1) is 11.3 Å². The second-order valence-electron chi connectivity index (χ2n) is 6.41. The summed E-state index contributed by atoms with van der Waals surface area (Å²) in [6.45, 7) is 12.0. The molecule has 1 heteroatoms. The SMILES string of the molecule is CC(C)CCOc1ccc(CC(C)(C)C)cc1. The molecule has 1 rings (SSSR count). The van der Waals surface area contributed by atoms with Crippen molar-refractivity contribution < 1.29 is 4.74 Å². The van der Waals surface area contributed by atoms with Gasteiger partial charge in [0.15, 0.2) is 0 Å². The van der Waals surface area contributed by atoms with Gasteiger partial charge in [-0.25, -0.2) is 0 Å². The molecule has 0 heterocycles. The number of ether oxygens (including phenoxy) is 1. The van der Waals surface area contributed by atoms with Gasteiger partial charge >= 0.3 is 0 Å². The Kier molecular flexibility index (Phi) is 5.04. The van der Waals surface area contributed by atoms with E-state index in [9.17, 15) is 0 Å². The summed E-state index contributed by atoms with van der Waals surface area (Å²) >= 11 is 0. The summed E-state index contributed by atoms with van der Waals surface area (Å²) in [6.07, 6.45) is 2.23. The average Bonchev–Trinajstić information content (AvgIpc) is 2.18. The number of rotatable bonds is 5. The van der Waals surface area contributed by atoms with Crippen LogP contribution in [0.1, 0.15) is 46.6 Å². The van der Waals surface area contributed by atoms with E-state index in [1.54, 1.807) is 0 Å². The van der Waals surface area contributed by atoms with Gasteiger partial charge in [0.1, 0.15) is 5.75 Å². The minimum atomic E-state index is 0.347. The molecule has 0 spiro atoms. The molecule has 0 saturated carbocycles. The predicted molar refractivity (Wildman–Crippen MR) is 74.6 cm³/mol. The van der Waals surface area contributed by atoms with Crippen LogP contribution in [0.4, 0.5) is 0 Å². The van der Waals surface area contributed by atoms with E-state index >= 15 is 0 Å². The van der Waals surface area contributed by atoms with Crippen molar-refractivity contribution in [2.75, 3.05) is 6.61 Å². The minimum Gasteiger partial charge on any atom is -0.494 e. The molecule has 17 heavy (non-hydrogen) atoms. The molecule has 0 aliphatic rings. The lowest BCUT2D eigenvalue weighted by Crippen LogP contribution is -2.09. The van der Waals surface area contributed by atoms with Crippen LogP contribution in [0.25, 0.3) is 0 Å². The van der Waals surface area contributed by atoms with E-state index in [0.717, 1.165) is 25.2 Å². The average molecular weight is 234 g/mol. The lowest BCUT2D eigenvalue weighted by atomic mass is 9.88. The van der Waals surface area contributed by atoms with Crippen LogP contribution < -0.4 is 4.74 Å². The van der Waals surface area contributed by atoms with Crippen molar-refractivity contribution >= 4 is 0 Å². The quantitative estimate of drug-likeness (QED) is 0.717. The molecule has 0 amide bonds. The highest BCUT2D eigenvalue weighted by Gasteiger charge is 2.10. The fourth-order valence-corrected chi connectivity index (χ4v) is 1.73. The van der Waals surface area contributed by atoms with Crippen LogP contribution in [-0.4, -0.2) is 6.61 Å². The highest BCUT2D eigenvalue weighted by molar-refractivity contribution is 5.27. The Morgan fingerprint density at radius 2 is 1.65 bits per heavy atom. The third kappa shape index (κ3) is 6.35. The smallest absolute Gasteiger partial charge is 0.119 e. The Labute approximate surface area is 106 Å². The molecule has 1 aromatic carbocycles. The van der Waals surface area contributed by atoms with Crippen molar-refractivity contribution in [3.8, 4) is 5.75 Å². The largest absolute Gasteiger partial charge is 0.494 e. The summed E-state index contributed by atoms with van der Waals surface area (Å²) in [6, 6.07) is 8.52. The van der Waals surface area contributed by atoms with Crippen molar-refractivity contribution in [3.05, 3.63) is 29.8 Å². The van der Waals surface area contributed by atoms with Crippen molar-refractivity contribution in [2.45, 2.75) is 47.5 Å². The van der Waals surface area contributed by atoms with Crippen LogP contribution in [0.15, 0.2) is 24.3 Å². The second kappa shape index (κ2) is 6.09. The van der Waals surface area contributed by atoms with E-state index in [-0.39, 0.29) is 0 Å². The maximum Gasteiger partial charge on any atom is 0.119 e. The molecule has 0 aliphatic carbocycles. The van der Waals surface area contributed by atoms with Crippen molar-refractivity contribution in [2.24, 2.45) is 11.3 Å². The molecule has 0 atom stereocenters. The second-order valence-corrected chi connectivity index (χ2v) is 6.41. The molecule has 0 fully saturated rings. The van der Waals surface area contributed by atoms with Gasteiger partial charge in [0, 0.05) is 0 Å². The van der Waals surface area contributed by atoms with E-state index in [2.05, 4.69) is 58.9 Å². The molecule has 0 unspecified atom stereocenters. The van der Waals surface area contributed by atoms with Gasteiger partial charge < -0.3 is 4.74 Å². The van der Waals surface area contributed by atoms with Gasteiger partial charge in [-0.1, -0.05) is 46.8 Å². The lowest BCUT2D eigenvalue weighted by Gasteiger charge is -2.18. The van der Waals surface area contributed by atoms with Crippen molar-refractivity contribution in [1.29, 1.82) is 0 Å². The maximum absolute atomic E-state index is 5.70. The first-order chi connectivity index (χ1) is 7.87. The first kappa shape index (κ1) is 14.1. The molecule has 96 valence electrons. The number of hydrogen-bond acceptors (Lipinski definition) is 1. The highest BCUT2D eigenvalue weighted by atomic mass is 16.5. The van der Waals surface area contributed by atoms with Gasteiger partial charge in [-0.3, -0.25) is 0 Å². The zero-order valence-electron chi connectivity index (χ0n) is 11.9. The summed E-state index contributed by atoms with van der Waals surface area (Å²) in [5, 5.41) is 0. The summed E-state index contributed by atoms with van der Waals surface area (Å²) in [7, 11) is 0. The third-order valence-corrected chi connectivity index (χ3v) is 2.62. The van der Waals surface area contributed by atoms with E-state index < -0.39 is 0 Å². The molecule has 0 saturated heterocycles. The van der Waals surface area contributed by atoms with E-state index in [4.69, 9.17) is 4.74 Å². The molecule has 0 N–H and O–H groups in total. The normalized spacial score (nSPS) is 11.9. The van der Waals surface area contributed by atoms with Gasteiger partial charge in [0.05, 0.1) is 6.61 Å². The van der Waals surface area contributed by atoms with E-state index in [0.29, 0.717) is 11.3 Å². The Bertz CT molecular complexity index is 316. The topological polar surface area (TPSA) is 9.23 Å². The molecule has 0 bridgehead atoms. The summed E-state index contributed by atoms with van der Waals surface area (Å²) in [4.78, 5) is 0. The van der Waals surface area contributed by atoms with Gasteiger partial charge in [-0.15, -0.1) is 0 Å². The number of hydrogen-bond donors (Lipinski definition) is 0. The Morgan fingerprint density at radius 3 is 2.12 bits per heavy atom. The molecule has 1 aromatic rings. The van der Waals surface area contributed by atoms with Crippen LogP contribution >= 0.6 is 0 Å². The molecular formula is C16H26O. The van der Waals surface area contributed by atoms with Gasteiger partial charge in [-0.05, 0) is 41.9 Å². The fourth-order valence-electron chi connectivity index (χ4n) is 1.73. The minimum absolute atomic E-state index is 0.347. The fraction of sp³-hybridized carbons (Fsp3) is 0.625. The third-order valence-electron chi connectivity index (χ3n) is 2.62. The van der Waals surface area contributed by atoms with Gasteiger partial charge in [0.25, 0.3) is 0 Å². The van der Waals surface area contributed by atoms with Gasteiger partial charge in [0.2, 0.25) is 0 Å². The Balaban J connectivity index is 2.45. The zero-order valence-corrected chi connectivity index (χ0v) is 11.9. The van der Waals surface area contributed by atoms with E-state index in [1.807, 2.05) is 0 Å². The van der Waals surface area contributed by atoms with Crippen LogP contribution in [-0.2, 0) is 6.42 Å². The summed E-state index contributed by atoms with van der Waals surface area (Å²) in [5.74, 6) is 1.69. The first-order valence-electron chi connectivity index (χ1n) is 6.58. The van der Waals surface area contributed by atoms with Crippen LogP contribution in [0.5, 0.6) is 5.75 Å². The lowest BCUT2D eigenvalue weighted by molar-refractivity contribution is 0.289. The number of benzene rings is 1. The summed E-state index contributed by atoms with van der Waals surface area (Å²) in [5.41, 5.74) is 1.73. The summed E-state index contributed by atoms with van der Waals surface area (Å²) < 4.78 is 5.70. The maximum atomic E-state index is 5.70. The Hall–Kier alpha value is -0.980. The highest BCUT2D eigenvalue weighted by Crippen LogP contribution is 2.22. The van der Waals surface area contributed by atoms with Crippen molar-refractivity contribution in [1.82, 2.24) is 0 Å². The first-order valence-corrected chi connectivity index (χ1v) is 6.58. The molecule has 0 radical (unpaired) electrons. The monoisotopic (exact) mass is 234 g/mol. The van der Waals surface area contributed by atoms with Crippen LogP contribution in [0.3, 0.4) is 0 Å². The molecule has 0 aliphatic heterocycles. The zero-order chi connectivity index (χ0) is 12.9. The van der Waals surface area contributed by atoms with Gasteiger partial charge in [-0.2, -0.15) is 0 Å². The predicted octanol–water partition coefficient (Wildman–Crippen LogP) is 4.70. The Morgan fingerprint density at radius 1 is 1.06 bits per heavy atom. The van der Waals surface area contributed by atoms with Crippen LogP contribution in [0.2, 0.25) is 0 Å². The standard InChI is InChI=1S/C16H26O/c1-13(2)10-11-17-15-8-6-14(7-9-15)12-16(3,4)5/h6-9,13H,10-12H2,1-5H3. The van der Waals surface area contributed by atoms with Crippen molar-refractivity contribution in [3.63, 3.8) is 0 Å².